The first-order valence-electron chi connectivity index (χ1n) is 9.23. The lowest BCUT2D eigenvalue weighted by atomic mass is 9.76. The zero-order valence-corrected chi connectivity index (χ0v) is 16.3. The summed E-state index contributed by atoms with van der Waals surface area (Å²) in [7, 11) is 4.71. The van der Waals surface area contributed by atoms with Crippen LogP contribution in [0.3, 0.4) is 0 Å². The summed E-state index contributed by atoms with van der Waals surface area (Å²) >= 11 is 0. The maximum atomic E-state index is 12.7. The van der Waals surface area contributed by atoms with Gasteiger partial charge in [-0.3, -0.25) is 9.79 Å². The summed E-state index contributed by atoms with van der Waals surface area (Å²) in [6.45, 7) is 0.603. The molecule has 2 aromatic carbocycles. The third-order valence-corrected chi connectivity index (χ3v) is 5.59. The number of carbonyl (C=O) groups excluding carboxylic acids is 1. The van der Waals surface area contributed by atoms with E-state index in [0.29, 0.717) is 35.3 Å². The number of hydrogen-bond donors (Lipinski definition) is 1. The van der Waals surface area contributed by atoms with Gasteiger partial charge in [-0.25, -0.2) is 0 Å². The number of hydrogen-bond acceptors (Lipinski definition) is 7. The second-order valence-corrected chi connectivity index (χ2v) is 7.00. The maximum Gasteiger partial charge on any atom is 0.231 e. The molecule has 8 heteroatoms. The zero-order chi connectivity index (χ0) is 20.1. The lowest BCUT2D eigenvalue weighted by molar-refractivity contribution is -0.121. The first kappa shape index (κ1) is 17.7. The van der Waals surface area contributed by atoms with Crippen LogP contribution in [0.15, 0.2) is 29.3 Å². The van der Waals surface area contributed by atoms with Crippen molar-refractivity contribution >= 4 is 17.3 Å². The van der Waals surface area contributed by atoms with Gasteiger partial charge < -0.3 is 29.0 Å². The smallest absolute Gasteiger partial charge is 0.231 e. The van der Waals surface area contributed by atoms with Crippen LogP contribution in [0.4, 0.5) is 5.69 Å². The van der Waals surface area contributed by atoms with Crippen molar-refractivity contribution in [3.63, 3.8) is 0 Å². The standard InChI is InChI=1S/C21H20N2O6/c1-25-16-4-10(5-17(26-2)20(16)27-3)18-11-6-14-15(29-9-28-14)7-12(11)23-13-8-22-21(24)19(13)18/h4-7,18-19H,8-9H2,1-3H3,(H,22,24). The van der Waals surface area contributed by atoms with E-state index in [2.05, 4.69) is 5.32 Å². The van der Waals surface area contributed by atoms with Crippen molar-refractivity contribution in [1.82, 2.24) is 5.32 Å². The van der Waals surface area contributed by atoms with Crippen molar-refractivity contribution in [2.45, 2.75) is 5.92 Å². The number of methoxy groups -OCH3 is 3. The predicted molar refractivity (Wildman–Crippen MR) is 104 cm³/mol. The van der Waals surface area contributed by atoms with E-state index in [1.54, 1.807) is 21.3 Å². The van der Waals surface area contributed by atoms with Gasteiger partial charge in [-0.1, -0.05) is 0 Å². The number of nitrogens with zero attached hydrogens (tertiary/aromatic N) is 1. The van der Waals surface area contributed by atoms with Crippen LogP contribution in [0, 0.1) is 5.92 Å². The summed E-state index contributed by atoms with van der Waals surface area (Å²) in [5, 5.41) is 2.91. The normalized spacial score (nSPS) is 21.1. The Morgan fingerprint density at radius 1 is 0.966 bits per heavy atom. The Balaban J connectivity index is 1.73. The highest BCUT2D eigenvalue weighted by Gasteiger charge is 2.44. The Morgan fingerprint density at radius 3 is 2.31 bits per heavy atom. The van der Waals surface area contributed by atoms with E-state index in [4.69, 9.17) is 28.7 Å². The molecule has 0 aromatic heterocycles. The minimum atomic E-state index is -0.411. The van der Waals surface area contributed by atoms with Crippen molar-refractivity contribution in [3.8, 4) is 28.7 Å². The summed E-state index contributed by atoms with van der Waals surface area (Å²) in [6.07, 6.45) is 0. The second-order valence-electron chi connectivity index (χ2n) is 7.00. The van der Waals surface area contributed by atoms with Gasteiger partial charge in [0.1, 0.15) is 0 Å². The van der Waals surface area contributed by atoms with E-state index in [9.17, 15) is 4.79 Å². The minimum absolute atomic E-state index is 0.0502. The average molecular weight is 396 g/mol. The third kappa shape index (κ3) is 2.59. The Kier molecular flexibility index (Phi) is 4.01. The molecule has 0 aliphatic carbocycles. The molecule has 0 radical (unpaired) electrons. The molecule has 1 amide bonds. The summed E-state index contributed by atoms with van der Waals surface area (Å²) < 4.78 is 27.6. The highest BCUT2D eigenvalue weighted by Crippen LogP contribution is 2.51. The van der Waals surface area contributed by atoms with Crippen LogP contribution in [0.2, 0.25) is 0 Å². The van der Waals surface area contributed by atoms with Crippen LogP contribution < -0.4 is 29.0 Å². The fourth-order valence-electron chi connectivity index (χ4n) is 4.28. The molecule has 3 aliphatic rings. The van der Waals surface area contributed by atoms with Crippen LogP contribution >= 0.6 is 0 Å². The van der Waals surface area contributed by atoms with E-state index < -0.39 is 5.92 Å². The van der Waals surface area contributed by atoms with Crippen molar-refractivity contribution in [2.75, 3.05) is 34.7 Å². The van der Waals surface area contributed by atoms with E-state index >= 15 is 0 Å². The van der Waals surface area contributed by atoms with Crippen LogP contribution in [0.5, 0.6) is 28.7 Å². The molecule has 8 nitrogen and oxygen atoms in total. The van der Waals surface area contributed by atoms with E-state index in [-0.39, 0.29) is 18.6 Å². The van der Waals surface area contributed by atoms with Gasteiger partial charge in [-0.15, -0.1) is 0 Å². The molecule has 2 aromatic rings. The van der Waals surface area contributed by atoms with Gasteiger partial charge in [0, 0.05) is 12.0 Å². The molecule has 0 saturated carbocycles. The van der Waals surface area contributed by atoms with Gasteiger partial charge in [-0.05, 0) is 29.3 Å². The van der Waals surface area contributed by atoms with Gasteiger partial charge >= 0.3 is 0 Å². The summed E-state index contributed by atoms with van der Waals surface area (Å²) in [5.41, 5.74) is 3.35. The number of benzene rings is 2. The SMILES string of the molecule is COc1cc(C2c3cc4c(cc3N=C3CNC(=O)C32)OCO4)cc(OC)c1OC. The number of aliphatic imine (C=N–C) groups is 1. The highest BCUT2D eigenvalue weighted by molar-refractivity contribution is 6.14. The molecule has 2 atom stereocenters. The minimum Gasteiger partial charge on any atom is -0.493 e. The van der Waals surface area contributed by atoms with E-state index in [1.807, 2.05) is 24.3 Å². The van der Waals surface area contributed by atoms with Gasteiger partial charge in [0.2, 0.25) is 18.4 Å². The van der Waals surface area contributed by atoms with Crippen LogP contribution in [-0.4, -0.2) is 46.3 Å². The molecule has 3 aliphatic heterocycles. The van der Waals surface area contributed by atoms with Gasteiger partial charge in [-0.2, -0.15) is 0 Å². The van der Waals surface area contributed by atoms with Crippen molar-refractivity contribution in [3.05, 3.63) is 35.4 Å². The molecule has 1 fully saturated rings. The maximum absolute atomic E-state index is 12.7. The second kappa shape index (κ2) is 6.58. The average Bonchev–Trinajstić information content (AvgIpc) is 3.35. The third-order valence-electron chi connectivity index (χ3n) is 5.59. The zero-order valence-electron chi connectivity index (χ0n) is 16.3. The molecule has 0 spiro atoms. The molecule has 1 N–H and O–H groups in total. The molecule has 5 rings (SSSR count). The number of ether oxygens (including phenoxy) is 5. The van der Waals surface area contributed by atoms with E-state index in [0.717, 1.165) is 22.5 Å². The van der Waals surface area contributed by atoms with Crippen LogP contribution in [-0.2, 0) is 4.79 Å². The first-order chi connectivity index (χ1) is 14.1. The predicted octanol–water partition coefficient (Wildman–Crippen LogP) is 2.41. The lowest BCUT2D eigenvalue weighted by Crippen LogP contribution is -2.29. The van der Waals surface area contributed by atoms with Crippen molar-refractivity contribution < 1.29 is 28.5 Å². The molecule has 2 unspecified atom stereocenters. The number of amides is 1. The fourth-order valence-corrected chi connectivity index (χ4v) is 4.28. The number of nitrogens with one attached hydrogen (secondary N) is 1. The summed E-state index contributed by atoms with van der Waals surface area (Å²) in [4.78, 5) is 17.5. The van der Waals surface area contributed by atoms with E-state index in [1.165, 1.54) is 0 Å². The largest absolute Gasteiger partial charge is 0.493 e. The quantitative estimate of drug-likeness (QED) is 0.854. The Morgan fingerprint density at radius 2 is 1.66 bits per heavy atom. The summed E-state index contributed by atoms with van der Waals surface area (Å²) in [5.74, 6) is 2.15. The molecular weight excluding hydrogens is 376 g/mol. The Hall–Kier alpha value is -3.42. The number of fused-ring (bicyclic) bond motifs is 3. The topological polar surface area (TPSA) is 87.6 Å². The monoisotopic (exact) mass is 396 g/mol. The molecule has 150 valence electrons. The van der Waals surface area contributed by atoms with Gasteiger partial charge in [0.15, 0.2) is 23.0 Å². The lowest BCUT2D eigenvalue weighted by Gasteiger charge is -2.29. The van der Waals surface area contributed by atoms with Crippen molar-refractivity contribution in [1.29, 1.82) is 0 Å². The van der Waals surface area contributed by atoms with Gasteiger partial charge in [0.25, 0.3) is 0 Å². The summed E-state index contributed by atoms with van der Waals surface area (Å²) in [6, 6.07) is 7.55. The number of rotatable bonds is 4. The van der Waals surface area contributed by atoms with Crippen molar-refractivity contribution in [2.24, 2.45) is 10.9 Å². The molecule has 1 saturated heterocycles. The fraction of sp³-hybridized carbons (Fsp3) is 0.333. The molecule has 29 heavy (non-hydrogen) atoms. The number of carbonyl (C=O) groups is 1. The molecule has 0 bridgehead atoms. The highest BCUT2D eigenvalue weighted by atomic mass is 16.7. The van der Waals surface area contributed by atoms with Gasteiger partial charge in [0.05, 0.1) is 45.2 Å². The molecular formula is C21H20N2O6. The van der Waals surface area contributed by atoms with Crippen LogP contribution in [0.1, 0.15) is 17.0 Å². The molecule has 3 heterocycles. The van der Waals surface area contributed by atoms with Crippen LogP contribution in [0.25, 0.3) is 0 Å². The Bertz CT molecular complexity index is 1020. The first-order valence-corrected chi connectivity index (χ1v) is 9.23. The Labute approximate surface area is 167 Å².